The zero-order valence-electron chi connectivity index (χ0n) is 10.4. The van der Waals surface area contributed by atoms with Gasteiger partial charge in [0.1, 0.15) is 5.75 Å². The van der Waals surface area contributed by atoms with Gasteiger partial charge in [0.2, 0.25) is 10.0 Å². The number of hydrogen-bond acceptors (Lipinski definition) is 3. The molecular weight excluding hydrogens is 274 g/mol. The second-order valence-electron chi connectivity index (χ2n) is 4.55. The number of halogens is 1. The van der Waals surface area contributed by atoms with Crippen molar-refractivity contribution < 1.29 is 13.2 Å². The average Bonchev–Trinajstić information content (AvgIpc) is 2.76. The van der Waals surface area contributed by atoms with Gasteiger partial charge in [0.25, 0.3) is 0 Å². The number of hydrogen-bond donors (Lipinski definition) is 0. The average molecular weight is 290 g/mol. The number of benzene rings is 1. The summed E-state index contributed by atoms with van der Waals surface area (Å²) in [5.74, 6) is 0.888. The summed E-state index contributed by atoms with van der Waals surface area (Å²) < 4.78 is 31.2. The first kappa shape index (κ1) is 13.6. The Morgan fingerprint density at radius 2 is 2.17 bits per heavy atom. The van der Waals surface area contributed by atoms with Crippen molar-refractivity contribution in [2.45, 2.75) is 18.2 Å². The van der Waals surface area contributed by atoms with Crippen molar-refractivity contribution in [2.24, 2.45) is 5.92 Å². The lowest BCUT2D eigenvalue weighted by atomic mass is 10.2. The molecule has 1 fully saturated rings. The van der Waals surface area contributed by atoms with Crippen LogP contribution in [-0.2, 0) is 10.0 Å². The molecule has 0 N–H and O–H groups in total. The Bertz CT molecular complexity index is 544. The third-order valence-electron chi connectivity index (χ3n) is 3.15. The molecule has 0 radical (unpaired) electrons. The Morgan fingerprint density at radius 1 is 1.44 bits per heavy atom. The van der Waals surface area contributed by atoms with Gasteiger partial charge in [0.15, 0.2) is 0 Å². The van der Waals surface area contributed by atoms with Crippen LogP contribution in [0.15, 0.2) is 23.1 Å². The van der Waals surface area contributed by atoms with Crippen LogP contribution in [0.1, 0.15) is 13.3 Å². The van der Waals surface area contributed by atoms with Gasteiger partial charge in [-0.25, -0.2) is 8.42 Å². The highest BCUT2D eigenvalue weighted by Gasteiger charge is 2.30. The lowest BCUT2D eigenvalue weighted by molar-refractivity contribution is 0.414. The molecule has 18 heavy (non-hydrogen) atoms. The van der Waals surface area contributed by atoms with Crippen LogP contribution >= 0.6 is 11.6 Å². The molecule has 100 valence electrons. The smallest absolute Gasteiger partial charge is 0.243 e. The van der Waals surface area contributed by atoms with Crippen molar-refractivity contribution in [3.8, 4) is 5.75 Å². The van der Waals surface area contributed by atoms with Crippen LogP contribution in [0.3, 0.4) is 0 Å². The molecule has 0 amide bonds. The zero-order chi connectivity index (χ0) is 13.3. The molecule has 0 spiro atoms. The van der Waals surface area contributed by atoms with E-state index < -0.39 is 10.0 Å². The Hall–Kier alpha value is -0.780. The molecule has 1 aromatic rings. The zero-order valence-corrected chi connectivity index (χ0v) is 12.0. The monoisotopic (exact) mass is 289 g/mol. The van der Waals surface area contributed by atoms with E-state index in [2.05, 4.69) is 6.92 Å². The van der Waals surface area contributed by atoms with Crippen LogP contribution in [0.25, 0.3) is 0 Å². The molecule has 0 bridgehead atoms. The fourth-order valence-electron chi connectivity index (χ4n) is 2.07. The summed E-state index contributed by atoms with van der Waals surface area (Å²) in [7, 11) is -1.93. The van der Waals surface area contributed by atoms with Gasteiger partial charge >= 0.3 is 0 Å². The molecule has 1 aliphatic rings. The van der Waals surface area contributed by atoms with E-state index in [9.17, 15) is 8.42 Å². The molecule has 1 aliphatic heterocycles. The lowest BCUT2D eigenvalue weighted by Gasteiger charge is -2.16. The normalized spacial score (nSPS) is 21.2. The van der Waals surface area contributed by atoms with E-state index in [1.54, 1.807) is 6.07 Å². The van der Waals surface area contributed by atoms with Gasteiger partial charge in [-0.1, -0.05) is 18.5 Å². The summed E-state index contributed by atoms with van der Waals surface area (Å²) in [6.07, 6.45) is 0.906. The third kappa shape index (κ3) is 2.48. The number of ether oxygens (including phenoxy) is 1. The minimum atomic E-state index is -3.43. The first-order valence-electron chi connectivity index (χ1n) is 5.79. The Morgan fingerprint density at radius 3 is 2.67 bits per heavy atom. The van der Waals surface area contributed by atoms with E-state index in [0.717, 1.165) is 6.42 Å². The van der Waals surface area contributed by atoms with Gasteiger partial charge in [-0.2, -0.15) is 4.31 Å². The first-order valence-corrected chi connectivity index (χ1v) is 7.60. The third-order valence-corrected chi connectivity index (χ3v) is 5.30. The van der Waals surface area contributed by atoms with Crippen LogP contribution < -0.4 is 4.74 Å². The molecule has 0 aromatic heterocycles. The molecule has 4 nitrogen and oxygen atoms in total. The number of sulfonamides is 1. The van der Waals surface area contributed by atoms with Crippen molar-refractivity contribution >= 4 is 21.6 Å². The van der Waals surface area contributed by atoms with Crippen LogP contribution in [0.5, 0.6) is 5.75 Å². The van der Waals surface area contributed by atoms with Crippen molar-refractivity contribution in [3.63, 3.8) is 0 Å². The molecule has 1 atom stereocenters. The number of methoxy groups -OCH3 is 1. The van der Waals surface area contributed by atoms with Gasteiger partial charge in [-0.05, 0) is 30.5 Å². The standard InChI is InChI=1S/C12H16ClNO3S/c1-9-5-6-14(8-9)18(15,16)10-3-4-12(17-2)11(13)7-10/h3-4,7,9H,5-6,8H2,1-2H3. The quantitative estimate of drug-likeness (QED) is 0.858. The van der Waals surface area contributed by atoms with E-state index in [4.69, 9.17) is 16.3 Å². The SMILES string of the molecule is COc1ccc(S(=O)(=O)N2CCC(C)C2)cc1Cl. The summed E-state index contributed by atoms with van der Waals surface area (Å²) >= 11 is 5.96. The minimum Gasteiger partial charge on any atom is -0.495 e. The van der Waals surface area contributed by atoms with Gasteiger partial charge in [-0.15, -0.1) is 0 Å². The maximum atomic E-state index is 12.4. The van der Waals surface area contributed by atoms with Crippen LogP contribution in [0.4, 0.5) is 0 Å². The summed E-state index contributed by atoms with van der Waals surface area (Å²) in [6, 6.07) is 4.55. The molecule has 1 heterocycles. The largest absolute Gasteiger partial charge is 0.495 e. The molecule has 2 rings (SSSR count). The fourth-order valence-corrected chi connectivity index (χ4v) is 3.99. The van der Waals surface area contributed by atoms with E-state index in [-0.39, 0.29) is 4.90 Å². The second kappa shape index (κ2) is 5.07. The molecule has 0 saturated carbocycles. The Balaban J connectivity index is 2.33. The van der Waals surface area contributed by atoms with Crippen molar-refractivity contribution in [3.05, 3.63) is 23.2 Å². The van der Waals surface area contributed by atoms with Crippen LogP contribution in [-0.4, -0.2) is 32.9 Å². The highest BCUT2D eigenvalue weighted by Crippen LogP contribution is 2.30. The van der Waals surface area contributed by atoms with Gasteiger partial charge < -0.3 is 4.74 Å². The maximum Gasteiger partial charge on any atom is 0.243 e. The van der Waals surface area contributed by atoms with Gasteiger partial charge in [-0.3, -0.25) is 0 Å². The predicted octanol–water partition coefficient (Wildman–Crippen LogP) is 2.38. The molecule has 0 aliphatic carbocycles. The number of rotatable bonds is 3. The van der Waals surface area contributed by atoms with E-state index in [1.807, 2.05) is 0 Å². The van der Waals surface area contributed by atoms with Gasteiger partial charge in [0, 0.05) is 13.1 Å². The summed E-state index contributed by atoms with van der Waals surface area (Å²) in [6.45, 7) is 3.20. The first-order chi connectivity index (χ1) is 8.45. The summed E-state index contributed by atoms with van der Waals surface area (Å²) in [4.78, 5) is 0.224. The molecule has 1 aromatic carbocycles. The van der Waals surface area contributed by atoms with Crippen molar-refractivity contribution in [1.82, 2.24) is 4.31 Å². The topological polar surface area (TPSA) is 46.6 Å². The van der Waals surface area contributed by atoms with Crippen LogP contribution in [0.2, 0.25) is 5.02 Å². The summed E-state index contributed by atoms with van der Waals surface area (Å²) in [5.41, 5.74) is 0. The molecule has 6 heteroatoms. The highest BCUT2D eigenvalue weighted by molar-refractivity contribution is 7.89. The lowest BCUT2D eigenvalue weighted by Crippen LogP contribution is -2.28. The van der Waals surface area contributed by atoms with E-state index in [1.165, 1.54) is 23.5 Å². The minimum absolute atomic E-state index is 0.224. The molecular formula is C12H16ClNO3S. The maximum absolute atomic E-state index is 12.4. The van der Waals surface area contributed by atoms with E-state index >= 15 is 0 Å². The Kier molecular flexibility index (Phi) is 3.84. The van der Waals surface area contributed by atoms with Gasteiger partial charge in [0.05, 0.1) is 17.0 Å². The molecule has 1 saturated heterocycles. The fraction of sp³-hybridized carbons (Fsp3) is 0.500. The summed E-state index contributed by atoms with van der Waals surface area (Å²) in [5, 5.41) is 0.311. The highest BCUT2D eigenvalue weighted by atomic mass is 35.5. The van der Waals surface area contributed by atoms with Crippen molar-refractivity contribution in [1.29, 1.82) is 0 Å². The predicted molar refractivity (Wildman–Crippen MR) is 70.5 cm³/mol. The van der Waals surface area contributed by atoms with Crippen LogP contribution in [0, 0.1) is 5.92 Å². The van der Waals surface area contributed by atoms with E-state index in [0.29, 0.717) is 29.8 Å². The number of nitrogens with zero attached hydrogens (tertiary/aromatic N) is 1. The van der Waals surface area contributed by atoms with Crippen molar-refractivity contribution in [2.75, 3.05) is 20.2 Å². The Labute approximate surface area is 113 Å². The molecule has 1 unspecified atom stereocenters. The second-order valence-corrected chi connectivity index (χ2v) is 6.90.